The van der Waals surface area contributed by atoms with Crippen LogP contribution in [0.15, 0.2) is 64.4 Å². The standard InChI is InChI=1S/C23H24N2O2S2/c1-4-13-28-20-11-5-17(6-12-20)14-16(2)22(26)25-23-24-21(15-29-23)18-7-9-19(27-3)10-8-18/h5-12,14-15H,4,13H2,1-3H3,(H,24,25,26)/b16-14-. The summed E-state index contributed by atoms with van der Waals surface area (Å²) >= 11 is 3.26. The van der Waals surface area contributed by atoms with E-state index in [0.29, 0.717) is 10.7 Å². The molecule has 0 aliphatic rings. The molecule has 0 bridgehead atoms. The number of hydrogen-bond acceptors (Lipinski definition) is 5. The van der Waals surface area contributed by atoms with E-state index in [1.165, 1.54) is 16.2 Å². The van der Waals surface area contributed by atoms with E-state index in [0.717, 1.165) is 34.7 Å². The summed E-state index contributed by atoms with van der Waals surface area (Å²) < 4.78 is 5.18. The Morgan fingerprint density at radius 2 is 1.90 bits per heavy atom. The van der Waals surface area contributed by atoms with Crippen LogP contribution in [0.4, 0.5) is 5.13 Å². The normalized spacial score (nSPS) is 11.3. The summed E-state index contributed by atoms with van der Waals surface area (Å²) in [7, 11) is 1.64. The highest BCUT2D eigenvalue weighted by Crippen LogP contribution is 2.27. The van der Waals surface area contributed by atoms with Gasteiger partial charge < -0.3 is 4.74 Å². The Kier molecular flexibility index (Phi) is 7.49. The highest BCUT2D eigenvalue weighted by molar-refractivity contribution is 7.99. The zero-order valence-corrected chi connectivity index (χ0v) is 18.4. The molecule has 1 N–H and O–H groups in total. The Labute approximate surface area is 180 Å². The van der Waals surface area contributed by atoms with E-state index in [1.54, 1.807) is 7.11 Å². The van der Waals surface area contributed by atoms with Crippen molar-refractivity contribution in [1.82, 2.24) is 4.98 Å². The fourth-order valence-electron chi connectivity index (χ4n) is 2.62. The summed E-state index contributed by atoms with van der Waals surface area (Å²) in [6.45, 7) is 3.99. The molecule has 0 aliphatic heterocycles. The number of nitrogens with one attached hydrogen (secondary N) is 1. The Morgan fingerprint density at radius 3 is 2.55 bits per heavy atom. The summed E-state index contributed by atoms with van der Waals surface area (Å²) in [6, 6.07) is 16.0. The zero-order chi connectivity index (χ0) is 20.6. The lowest BCUT2D eigenvalue weighted by molar-refractivity contribution is -0.112. The summed E-state index contributed by atoms with van der Waals surface area (Å²) in [5, 5.41) is 5.40. The molecule has 0 fully saturated rings. The predicted octanol–water partition coefficient (Wildman–Crippen LogP) is 6.36. The maximum absolute atomic E-state index is 12.5. The fraction of sp³-hybridized carbons (Fsp3) is 0.217. The van der Waals surface area contributed by atoms with Gasteiger partial charge in [0.15, 0.2) is 5.13 Å². The van der Waals surface area contributed by atoms with Crippen molar-refractivity contribution < 1.29 is 9.53 Å². The van der Waals surface area contributed by atoms with E-state index in [1.807, 2.05) is 66.5 Å². The first-order valence-electron chi connectivity index (χ1n) is 9.41. The monoisotopic (exact) mass is 424 g/mol. The second-order valence-electron chi connectivity index (χ2n) is 6.47. The summed E-state index contributed by atoms with van der Waals surface area (Å²) in [6.07, 6.45) is 3.05. The van der Waals surface area contributed by atoms with Crippen LogP contribution in [0.1, 0.15) is 25.8 Å². The lowest BCUT2D eigenvalue weighted by atomic mass is 10.1. The van der Waals surface area contributed by atoms with Crippen molar-refractivity contribution in [3.8, 4) is 17.0 Å². The quantitative estimate of drug-likeness (QED) is 0.337. The molecular weight excluding hydrogens is 400 g/mol. The number of anilines is 1. The minimum absolute atomic E-state index is 0.148. The van der Waals surface area contributed by atoms with Crippen molar-refractivity contribution in [3.63, 3.8) is 0 Å². The number of aromatic nitrogens is 1. The minimum Gasteiger partial charge on any atom is -0.497 e. The number of thiazole rings is 1. The maximum atomic E-state index is 12.5. The van der Waals surface area contributed by atoms with Crippen LogP contribution in [0.2, 0.25) is 0 Å². The third-order valence-corrected chi connectivity index (χ3v) is 6.18. The Hall–Kier alpha value is -2.57. The molecule has 0 spiro atoms. The molecule has 3 rings (SSSR count). The first-order valence-corrected chi connectivity index (χ1v) is 11.3. The van der Waals surface area contributed by atoms with Crippen LogP contribution in [0.25, 0.3) is 17.3 Å². The van der Waals surface area contributed by atoms with Gasteiger partial charge in [0.2, 0.25) is 0 Å². The molecule has 3 aromatic rings. The zero-order valence-electron chi connectivity index (χ0n) is 16.8. The number of amides is 1. The van der Waals surface area contributed by atoms with Crippen molar-refractivity contribution in [1.29, 1.82) is 0 Å². The molecule has 29 heavy (non-hydrogen) atoms. The molecule has 150 valence electrons. The van der Waals surface area contributed by atoms with Crippen molar-refractivity contribution in [2.45, 2.75) is 25.2 Å². The topological polar surface area (TPSA) is 51.2 Å². The minimum atomic E-state index is -0.148. The van der Waals surface area contributed by atoms with Gasteiger partial charge in [-0.3, -0.25) is 10.1 Å². The van der Waals surface area contributed by atoms with E-state index >= 15 is 0 Å². The molecular formula is C23H24N2O2S2. The second-order valence-corrected chi connectivity index (χ2v) is 8.49. The van der Waals surface area contributed by atoms with Crippen molar-refractivity contribution in [2.24, 2.45) is 0 Å². The Morgan fingerprint density at radius 1 is 1.17 bits per heavy atom. The van der Waals surface area contributed by atoms with Gasteiger partial charge >= 0.3 is 0 Å². The Bertz CT molecular complexity index is 977. The maximum Gasteiger partial charge on any atom is 0.253 e. The largest absolute Gasteiger partial charge is 0.497 e. The van der Waals surface area contributed by atoms with Gasteiger partial charge in [0.25, 0.3) is 5.91 Å². The van der Waals surface area contributed by atoms with Crippen LogP contribution in [0.5, 0.6) is 5.75 Å². The number of rotatable bonds is 8. The van der Waals surface area contributed by atoms with Crippen LogP contribution in [0, 0.1) is 0 Å². The molecule has 4 nitrogen and oxygen atoms in total. The number of nitrogens with zero attached hydrogens (tertiary/aromatic N) is 1. The van der Waals surface area contributed by atoms with Crippen molar-refractivity contribution in [3.05, 3.63) is 65.0 Å². The first kappa shape index (κ1) is 21.1. The molecule has 0 radical (unpaired) electrons. The average Bonchev–Trinajstić information content (AvgIpc) is 3.21. The third kappa shape index (κ3) is 5.95. The highest BCUT2D eigenvalue weighted by atomic mass is 32.2. The van der Waals surface area contributed by atoms with Crippen LogP contribution in [-0.2, 0) is 4.79 Å². The molecule has 0 saturated carbocycles. The van der Waals surface area contributed by atoms with E-state index in [4.69, 9.17) is 4.74 Å². The van der Waals surface area contributed by atoms with Gasteiger partial charge in [0.1, 0.15) is 5.75 Å². The molecule has 6 heteroatoms. The Balaban J connectivity index is 1.63. The summed E-state index contributed by atoms with van der Waals surface area (Å²) in [5.74, 6) is 1.77. The number of ether oxygens (including phenoxy) is 1. The van der Waals surface area contributed by atoms with E-state index in [-0.39, 0.29) is 5.91 Å². The second kappa shape index (κ2) is 10.3. The van der Waals surface area contributed by atoms with Crippen LogP contribution >= 0.6 is 23.1 Å². The van der Waals surface area contributed by atoms with Gasteiger partial charge in [-0.1, -0.05) is 19.1 Å². The van der Waals surface area contributed by atoms with Crippen molar-refractivity contribution >= 4 is 40.2 Å². The van der Waals surface area contributed by atoms with Gasteiger partial charge in [-0.15, -0.1) is 23.1 Å². The molecule has 0 aliphatic carbocycles. The molecule has 1 aromatic heterocycles. The fourth-order valence-corrected chi connectivity index (χ4v) is 4.10. The molecule has 2 aromatic carbocycles. The molecule has 0 saturated heterocycles. The van der Waals surface area contributed by atoms with Gasteiger partial charge in [-0.2, -0.15) is 0 Å². The lowest BCUT2D eigenvalue weighted by Crippen LogP contribution is -2.12. The summed E-state index contributed by atoms with van der Waals surface area (Å²) in [5.41, 5.74) is 3.46. The van der Waals surface area contributed by atoms with Crippen LogP contribution in [-0.4, -0.2) is 23.8 Å². The van der Waals surface area contributed by atoms with Crippen LogP contribution in [0.3, 0.4) is 0 Å². The van der Waals surface area contributed by atoms with Crippen molar-refractivity contribution in [2.75, 3.05) is 18.2 Å². The van der Waals surface area contributed by atoms with Gasteiger partial charge in [-0.05, 0) is 67.1 Å². The smallest absolute Gasteiger partial charge is 0.253 e. The van der Waals surface area contributed by atoms with E-state index in [9.17, 15) is 4.79 Å². The number of carbonyl (C=O) groups is 1. The van der Waals surface area contributed by atoms with E-state index in [2.05, 4.69) is 29.4 Å². The molecule has 1 heterocycles. The number of benzene rings is 2. The predicted molar refractivity (Wildman–Crippen MR) is 124 cm³/mol. The van der Waals surface area contributed by atoms with E-state index < -0.39 is 0 Å². The van der Waals surface area contributed by atoms with Crippen LogP contribution < -0.4 is 10.1 Å². The first-order chi connectivity index (χ1) is 14.1. The SMILES string of the molecule is CCCSc1ccc(/C=C(/C)C(=O)Nc2nc(-c3ccc(OC)cc3)cs2)cc1. The number of methoxy groups -OCH3 is 1. The van der Waals surface area contributed by atoms with Gasteiger partial charge in [0, 0.05) is 21.4 Å². The number of thioether (sulfide) groups is 1. The van der Waals surface area contributed by atoms with Gasteiger partial charge in [-0.25, -0.2) is 4.98 Å². The molecule has 0 atom stereocenters. The molecule has 0 unspecified atom stereocenters. The molecule has 1 amide bonds. The number of hydrogen-bond donors (Lipinski definition) is 1. The lowest BCUT2D eigenvalue weighted by Gasteiger charge is -2.04. The number of carbonyl (C=O) groups excluding carboxylic acids is 1. The average molecular weight is 425 g/mol. The third-order valence-electron chi connectivity index (χ3n) is 4.20. The summed E-state index contributed by atoms with van der Waals surface area (Å²) in [4.78, 5) is 18.3. The van der Waals surface area contributed by atoms with Gasteiger partial charge in [0.05, 0.1) is 12.8 Å². The highest BCUT2D eigenvalue weighted by Gasteiger charge is 2.10.